The smallest absolute Gasteiger partial charge is 0.0468 e. The summed E-state index contributed by atoms with van der Waals surface area (Å²) < 4.78 is 0. The first-order valence-electron chi connectivity index (χ1n) is 31.5. The molecule has 0 spiro atoms. The average Bonchev–Trinajstić information content (AvgIpc) is 1.40. The van der Waals surface area contributed by atoms with E-state index in [-0.39, 0.29) is 16.2 Å². The Morgan fingerprint density at radius 1 is 0.307 bits per heavy atom. The molecule has 0 N–H and O–H groups in total. The summed E-state index contributed by atoms with van der Waals surface area (Å²) >= 11 is 0. The highest BCUT2D eigenvalue weighted by atomic mass is 15.2. The molecule has 4 aliphatic rings. The quantitative estimate of drug-likeness (QED) is 0.140. The van der Waals surface area contributed by atoms with E-state index in [1.165, 1.54) is 143 Å². The first-order chi connectivity index (χ1) is 42.8. The van der Waals surface area contributed by atoms with E-state index in [1.54, 1.807) is 0 Å². The van der Waals surface area contributed by atoms with Gasteiger partial charge in [-0.1, -0.05) is 224 Å². The first kappa shape index (κ1) is 52.3. The molecule has 0 aromatic heterocycles. The first-order valence-corrected chi connectivity index (χ1v) is 31.5. The minimum Gasteiger partial charge on any atom is -0.311 e. The predicted molar refractivity (Wildman–Crippen MR) is 374 cm³/mol. The lowest BCUT2D eigenvalue weighted by Gasteiger charge is -2.30. The third kappa shape index (κ3) is 7.80. The van der Waals surface area contributed by atoms with Crippen molar-refractivity contribution in [1.82, 2.24) is 0 Å². The Balaban J connectivity index is 0.955. The van der Waals surface area contributed by atoms with Crippen LogP contribution in [0.2, 0.25) is 0 Å². The van der Waals surface area contributed by atoms with E-state index in [9.17, 15) is 0 Å². The van der Waals surface area contributed by atoms with Gasteiger partial charge in [0.25, 0.3) is 0 Å². The zero-order valence-corrected chi connectivity index (χ0v) is 51.1. The Morgan fingerprint density at radius 3 is 1.35 bits per heavy atom. The monoisotopic (exact) mass is 1130 g/mol. The number of hydrogen-bond acceptors (Lipinski definition) is 2. The molecule has 2 heteroatoms. The molecule has 0 amide bonds. The maximum Gasteiger partial charge on any atom is 0.0468 e. The van der Waals surface area contributed by atoms with Gasteiger partial charge in [-0.3, -0.25) is 0 Å². The highest BCUT2D eigenvalue weighted by Crippen LogP contribution is 2.58. The standard InChI is InChI=1S/C86H68N2/c1-53-29-35-61(36-30-53)88(63-38-32-55-20-12-14-22-57(55)46-63)65-39-43-70-72-51-74-75(52-81(72)86(6,7)80(70)50-65)82(58-33-41-68-66-25-15-17-27-76(66)84(2,3)78(68)47-58)71-44-40-64(87(60-23-9-8-10-24-60)62-37-31-54-19-11-13-21-56(54)45-62)49-73(71)83(74)59-34-42-69-67-26-16-18-28-77(67)85(4,5)79(69)48-59/h8-29,31-53H,30H2,1-7H3. The molecule has 13 aromatic carbocycles. The maximum atomic E-state index is 2.62. The van der Waals surface area contributed by atoms with E-state index >= 15 is 0 Å². The summed E-state index contributed by atoms with van der Waals surface area (Å²) in [6.45, 7) is 16.9. The van der Waals surface area contributed by atoms with Crippen molar-refractivity contribution in [3.8, 4) is 55.6 Å². The van der Waals surface area contributed by atoms with Gasteiger partial charge in [-0.25, -0.2) is 0 Å². The van der Waals surface area contributed by atoms with Crippen LogP contribution in [-0.2, 0) is 16.2 Å². The van der Waals surface area contributed by atoms with Crippen LogP contribution < -0.4 is 9.80 Å². The van der Waals surface area contributed by atoms with Crippen molar-refractivity contribution in [2.45, 2.75) is 71.1 Å². The van der Waals surface area contributed by atoms with E-state index in [1.807, 2.05) is 0 Å². The third-order valence-corrected chi connectivity index (χ3v) is 20.7. The molecule has 1 atom stereocenters. The second kappa shape index (κ2) is 19.2. The van der Waals surface area contributed by atoms with Gasteiger partial charge in [0, 0.05) is 50.4 Å². The van der Waals surface area contributed by atoms with Gasteiger partial charge in [0.05, 0.1) is 0 Å². The summed E-state index contributed by atoms with van der Waals surface area (Å²) in [7, 11) is 0. The topological polar surface area (TPSA) is 6.48 Å². The van der Waals surface area contributed by atoms with Crippen LogP contribution in [0.4, 0.5) is 28.4 Å². The van der Waals surface area contributed by atoms with Gasteiger partial charge in [-0.15, -0.1) is 0 Å². The lowest BCUT2D eigenvalue weighted by atomic mass is 9.77. The molecule has 88 heavy (non-hydrogen) atoms. The number of nitrogens with zero attached hydrogens (tertiary/aromatic N) is 2. The molecule has 2 nitrogen and oxygen atoms in total. The van der Waals surface area contributed by atoms with E-state index in [0.717, 1.165) is 29.2 Å². The van der Waals surface area contributed by atoms with Crippen molar-refractivity contribution in [3.63, 3.8) is 0 Å². The largest absolute Gasteiger partial charge is 0.311 e. The van der Waals surface area contributed by atoms with Crippen LogP contribution in [0.5, 0.6) is 0 Å². The number of para-hydroxylation sites is 1. The molecule has 0 fully saturated rings. The number of rotatable bonds is 8. The summed E-state index contributed by atoms with van der Waals surface area (Å²) in [5.41, 5.74) is 27.2. The minimum atomic E-state index is -0.341. The van der Waals surface area contributed by atoms with Gasteiger partial charge < -0.3 is 9.80 Å². The van der Waals surface area contributed by atoms with Crippen molar-refractivity contribution in [2.75, 3.05) is 9.80 Å². The minimum absolute atomic E-state index is 0.184. The molecule has 1 unspecified atom stereocenters. The molecule has 0 bridgehead atoms. The van der Waals surface area contributed by atoms with E-state index in [2.05, 4.69) is 325 Å². The predicted octanol–water partition coefficient (Wildman–Crippen LogP) is 23.6. The normalized spacial score (nSPS) is 16.0. The maximum absolute atomic E-state index is 2.62. The molecular formula is C86H68N2. The summed E-state index contributed by atoms with van der Waals surface area (Å²) in [5, 5.41) is 9.90. The molecular weight excluding hydrogens is 1060 g/mol. The molecule has 0 heterocycles. The third-order valence-electron chi connectivity index (χ3n) is 20.7. The average molecular weight is 1130 g/mol. The van der Waals surface area contributed by atoms with Gasteiger partial charge in [0.1, 0.15) is 0 Å². The molecule has 17 rings (SSSR count). The lowest BCUT2D eigenvalue weighted by molar-refractivity contribution is 0.660. The number of allylic oxidation sites excluding steroid dienone is 3. The van der Waals surface area contributed by atoms with Gasteiger partial charge in [-0.2, -0.15) is 0 Å². The summed E-state index contributed by atoms with van der Waals surface area (Å²) in [5.74, 6) is 0.495. The number of benzene rings is 13. The molecule has 4 aliphatic carbocycles. The van der Waals surface area contributed by atoms with Crippen LogP contribution in [0, 0.1) is 5.92 Å². The highest BCUT2D eigenvalue weighted by Gasteiger charge is 2.40. The molecule has 13 aromatic rings. The van der Waals surface area contributed by atoms with Gasteiger partial charge >= 0.3 is 0 Å². The second-order valence-electron chi connectivity index (χ2n) is 26.9. The van der Waals surface area contributed by atoms with Crippen molar-refractivity contribution in [2.24, 2.45) is 5.92 Å². The summed E-state index contributed by atoms with van der Waals surface area (Å²) in [6, 6.07) is 95.0. The van der Waals surface area contributed by atoms with E-state index < -0.39 is 0 Å². The van der Waals surface area contributed by atoms with Crippen molar-refractivity contribution < 1.29 is 0 Å². The summed E-state index contributed by atoms with van der Waals surface area (Å²) in [4.78, 5) is 4.94. The van der Waals surface area contributed by atoms with Crippen LogP contribution >= 0.6 is 0 Å². The number of fused-ring (bicyclic) bond motifs is 13. The van der Waals surface area contributed by atoms with Crippen LogP contribution in [0.15, 0.2) is 273 Å². The zero-order chi connectivity index (χ0) is 59.4. The summed E-state index contributed by atoms with van der Waals surface area (Å²) in [6.07, 6.45) is 8.13. The fourth-order valence-electron chi connectivity index (χ4n) is 16.0. The van der Waals surface area contributed by atoms with Crippen LogP contribution in [0.3, 0.4) is 0 Å². The van der Waals surface area contributed by atoms with Crippen molar-refractivity contribution in [3.05, 3.63) is 306 Å². The lowest BCUT2D eigenvalue weighted by Crippen LogP contribution is -2.19. The zero-order valence-electron chi connectivity index (χ0n) is 51.1. The highest BCUT2D eigenvalue weighted by molar-refractivity contribution is 6.23. The van der Waals surface area contributed by atoms with Crippen LogP contribution in [0.25, 0.3) is 98.7 Å². The Bertz CT molecular complexity index is 5180. The molecule has 422 valence electrons. The van der Waals surface area contributed by atoms with Crippen LogP contribution in [-0.4, -0.2) is 0 Å². The molecule has 0 radical (unpaired) electrons. The Hall–Kier alpha value is -10.0. The van der Waals surface area contributed by atoms with Gasteiger partial charge in [0.2, 0.25) is 0 Å². The van der Waals surface area contributed by atoms with Gasteiger partial charge in [-0.05, 0) is 235 Å². The van der Waals surface area contributed by atoms with E-state index in [4.69, 9.17) is 0 Å². The SMILES string of the molecule is CC1C=CC(N(c2ccc3c(c2)C(C)(C)c2cc4c(-c5ccc6c(c5)C(C)(C)c5ccccc5-6)c5ccc(N(c6ccccc6)c6ccc7ccccc7c6)cc5c(-c5ccc6c(c5)C(C)(C)c5ccccc5-6)c4cc2-3)c2ccc3ccccc3c2)=CC1. The van der Waals surface area contributed by atoms with E-state index in [0.29, 0.717) is 5.92 Å². The Labute approximate surface area is 517 Å². The molecule has 0 aliphatic heterocycles. The van der Waals surface area contributed by atoms with Crippen molar-refractivity contribution in [1.29, 1.82) is 0 Å². The van der Waals surface area contributed by atoms with Crippen LogP contribution in [0.1, 0.15) is 88.3 Å². The number of hydrogen-bond donors (Lipinski definition) is 0. The fraction of sp³-hybridized carbons (Fsp3) is 0.140. The van der Waals surface area contributed by atoms with Crippen molar-refractivity contribution >= 4 is 71.5 Å². The Kier molecular flexibility index (Phi) is 11.4. The fourth-order valence-corrected chi connectivity index (χ4v) is 16.0. The molecule has 0 saturated heterocycles. The second-order valence-corrected chi connectivity index (χ2v) is 26.9. The molecule has 0 saturated carbocycles. The Morgan fingerprint density at radius 2 is 0.739 bits per heavy atom. The number of anilines is 5. The van der Waals surface area contributed by atoms with Gasteiger partial charge in [0.15, 0.2) is 0 Å².